The number of benzene rings is 5. The Hall–Kier alpha value is -10.2. The summed E-state index contributed by atoms with van der Waals surface area (Å²) in [5.41, 5.74) is 2.30. The number of nitrogens with two attached hydrogens (primary N) is 1. The smallest absolute Gasteiger partial charge is 0.369 e. The molecule has 0 fully saturated rings. The molecule has 0 atom stereocenters. The van der Waals surface area contributed by atoms with Crippen LogP contribution in [0.2, 0.25) is 0 Å². The van der Waals surface area contributed by atoms with Gasteiger partial charge in [0, 0.05) is 11.1 Å². The van der Waals surface area contributed by atoms with Gasteiger partial charge in [-0.1, -0.05) is 121 Å². The van der Waals surface area contributed by atoms with E-state index in [1.54, 1.807) is 164 Å². The molecule has 5 aromatic carbocycles. The lowest BCUT2D eigenvalue weighted by Crippen LogP contribution is -2.53. The van der Waals surface area contributed by atoms with Crippen LogP contribution in [0.1, 0.15) is 33.6 Å². The van der Waals surface area contributed by atoms with Crippen molar-refractivity contribution in [3.63, 3.8) is 0 Å². The first-order valence-corrected chi connectivity index (χ1v) is 27.5. The van der Waals surface area contributed by atoms with E-state index >= 15 is 19.2 Å². The van der Waals surface area contributed by atoms with Crippen LogP contribution in [0, 0.1) is 34.0 Å². The Morgan fingerprint density at radius 2 is 0.827 bits per heavy atom. The Morgan fingerprint density at radius 3 is 1.16 bits per heavy atom. The van der Waals surface area contributed by atoms with Gasteiger partial charge in [-0.25, -0.2) is 39.1 Å². The molecule has 0 saturated heterocycles. The molecule has 0 aliphatic carbocycles. The van der Waals surface area contributed by atoms with Gasteiger partial charge in [-0.2, -0.15) is 15.8 Å². The number of amidine groups is 1. The van der Waals surface area contributed by atoms with Crippen LogP contribution in [0.25, 0.3) is 40.7 Å². The predicted molar refractivity (Wildman–Crippen MR) is 300 cm³/mol. The molecule has 9 aromatic rings. The third-order valence-corrected chi connectivity index (χ3v) is 16.9. The molecule has 0 unspecified atom stereocenters. The van der Waals surface area contributed by atoms with E-state index in [0.717, 1.165) is 45.3 Å². The molecule has 0 saturated carbocycles. The van der Waals surface area contributed by atoms with Crippen LogP contribution in [-0.4, -0.2) is 45.4 Å². The van der Waals surface area contributed by atoms with E-state index in [-0.39, 0.29) is 91.8 Å². The van der Waals surface area contributed by atoms with Crippen molar-refractivity contribution in [1.82, 2.24) is 9.97 Å². The highest BCUT2D eigenvalue weighted by Crippen LogP contribution is 2.58. The third kappa shape index (κ3) is 10.4. The molecule has 0 spiro atoms. The molecule has 22 heteroatoms. The van der Waals surface area contributed by atoms with Gasteiger partial charge in [-0.15, -0.1) is 45.3 Å². The van der Waals surface area contributed by atoms with E-state index in [0.29, 0.717) is 42.0 Å². The molecule has 2 N–H and O–H groups in total. The highest BCUT2D eigenvalue weighted by atomic mass is 32.1. The zero-order chi connectivity index (χ0) is 56.1. The second-order valence-corrected chi connectivity index (χ2v) is 21.7. The lowest BCUT2D eigenvalue weighted by atomic mass is 9.89. The van der Waals surface area contributed by atoms with E-state index in [9.17, 15) is 15.8 Å². The molecule has 2 aliphatic rings. The fraction of sp³-hybridized carbons (Fsp3) is 0.102. The first-order valence-electron chi connectivity index (χ1n) is 24.3. The number of hydrogen-bond donors (Lipinski definition) is 1. The minimum Gasteiger partial charge on any atom is -0.458 e. The van der Waals surface area contributed by atoms with Crippen LogP contribution >= 0.6 is 45.3 Å². The number of nitriles is 3. The van der Waals surface area contributed by atoms with Gasteiger partial charge in [-0.05, 0) is 58.7 Å². The van der Waals surface area contributed by atoms with Crippen LogP contribution in [0.3, 0.4) is 0 Å². The second-order valence-electron chi connectivity index (χ2n) is 17.6. The lowest BCUT2D eigenvalue weighted by Gasteiger charge is -2.36. The van der Waals surface area contributed by atoms with Crippen molar-refractivity contribution in [2.75, 3.05) is 0 Å². The highest BCUT2D eigenvalue weighted by Gasteiger charge is 2.62. The number of ether oxygens (including phenoxy) is 6. The summed E-state index contributed by atoms with van der Waals surface area (Å²) < 4.78 is 37.7. The Balaban J connectivity index is 1.11. The van der Waals surface area contributed by atoms with E-state index in [1.807, 2.05) is 0 Å². The molecule has 81 heavy (non-hydrogen) atoms. The SMILES string of the molecule is N#CC(C#N)=Nc1ccc(-c2nc3c(s2)-c2cc4c(cc2OC3(C(=O)OCc2ccccc2)C(=O)OCc2ccccc2)-c2sc(-c3ccc(/N=C(/N)C#N)s3)nc2C(C(=O)OCc2ccccc2)(C(=O)OCc2ccccc2)O4)s1. The van der Waals surface area contributed by atoms with Crippen molar-refractivity contribution in [3.05, 3.63) is 191 Å². The number of fused-ring (bicyclic) bond motifs is 6. The Labute approximate surface area is 476 Å². The Bertz CT molecular complexity index is 3990. The van der Waals surface area contributed by atoms with Gasteiger partial charge in [0.1, 0.15) is 87.5 Å². The molecule has 4 aromatic heterocycles. The number of hydrogen-bond acceptors (Lipinski definition) is 21. The van der Waals surface area contributed by atoms with E-state index < -0.39 is 35.1 Å². The summed E-state index contributed by atoms with van der Waals surface area (Å²) in [5, 5.41) is 29.6. The summed E-state index contributed by atoms with van der Waals surface area (Å²) in [6.07, 6.45) is 0. The van der Waals surface area contributed by atoms with Crippen molar-refractivity contribution in [2.24, 2.45) is 15.7 Å². The summed E-state index contributed by atoms with van der Waals surface area (Å²) in [6.45, 7) is -1.12. The molecular formula is C59H36N8O10S4. The van der Waals surface area contributed by atoms with Crippen molar-refractivity contribution < 1.29 is 47.6 Å². The maximum absolute atomic E-state index is 15.2. The molecule has 0 amide bonds. The Kier molecular flexibility index (Phi) is 14.8. The van der Waals surface area contributed by atoms with Gasteiger partial charge in [0.15, 0.2) is 0 Å². The van der Waals surface area contributed by atoms with Crippen molar-refractivity contribution >= 4 is 90.8 Å². The summed E-state index contributed by atoms with van der Waals surface area (Å²) >= 11 is 4.33. The second kappa shape index (κ2) is 22.7. The maximum atomic E-state index is 15.2. The average molecular weight is 1150 g/mol. The van der Waals surface area contributed by atoms with Gasteiger partial charge in [0.05, 0.1) is 19.5 Å². The summed E-state index contributed by atoms with van der Waals surface area (Å²) in [4.78, 5) is 80.5. The number of carbonyl (C=O) groups is 4. The number of esters is 4. The number of thiazole rings is 2. The molecular weight excluding hydrogens is 1110 g/mol. The largest absolute Gasteiger partial charge is 0.458 e. The van der Waals surface area contributed by atoms with Crippen molar-refractivity contribution in [2.45, 2.75) is 37.6 Å². The molecule has 2 aliphatic heterocycles. The molecule has 396 valence electrons. The van der Waals surface area contributed by atoms with E-state index in [4.69, 9.17) is 44.1 Å². The first kappa shape index (κ1) is 52.9. The third-order valence-electron chi connectivity index (χ3n) is 12.4. The lowest BCUT2D eigenvalue weighted by molar-refractivity contribution is -0.185. The van der Waals surface area contributed by atoms with Crippen molar-refractivity contribution in [3.8, 4) is 70.4 Å². The first-order chi connectivity index (χ1) is 39.5. The number of nitrogens with zero attached hydrogens (tertiary/aromatic N) is 7. The number of carbonyl (C=O) groups excluding carboxylic acids is 4. The molecule has 0 bridgehead atoms. The fourth-order valence-electron chi connectivity index (χ4n) is 8.56. The quantitative estimate of drug-likeness (QED) is 0.0310. The summed E-state index contributed by atoms with van der Waals surface area (Å²) in [7, 11) is 0. The standard InChI is InChI=1S/C59H36N8O10S4/c60-27-38(28-61)64-46-23-21-43(78-46)52-66-50-48(80-52)39-25-42-40(26-41(39)76-58(50,54(68)72-30-34-13-5-1-6-14-34)55(69)73-31-35-15-7-2-8-16-35)49-51(67-53(81-49)44-22-24-47(79-44)65-45(63)29-62)59(77-42,56(70)74-32-36-17-9-3-10-18-36)57(71)75-33-37-19-11-4-12-20-37/h1-26H,30-33H2,(H2,63,65). The number of aliphatic imine (C=N–C) groups is 2. The zero-order valence-electron chi connectivity index (χ0n) is 41.8. The van der Waals surface area contributed by atoms with Crippen LogP contribution in [0.5, 0.6) is 11.5 Å². The average Bonchev–Trinajstić information content (AvgIpc) is 4.51. The van der Waals surface area contributed by atoms with Gasteiger partial charge in [0.2, 0.25) is 11.5 Å². The summed E-state index contributed by atoms with van der Waals surface area (Å²) in [6, 6.07) is 50.2. The topological polar surface area (TPSA) is 272 Å². The number of thiophene rings is 2. The van der Waals surface area contributed by atoms with Gasteiger partial charge in [-0.3, -0.25) is 0 Å². The monoisotopic (exact) mass is 1140 g/mol. The molecule has 6 heterocycles. The maximum Gasteiger partial charge on any atom is 0.369 e. The van der Waals surface area contributed by atoms with E-state index in [2.05, 4.69) is 9.98 Å². The molecule has 0 radical (unpaired) electrons. The zero-order valence-corrected chi connectivity index (χ0v) is 45.0. The fourth-order valence-corrected chi connectivity index (χ4v) is 12.7. The molecule has 18 nitrogen and oxygen atoms in total. The Morgan fingerprint density at radius 1 is 0.481 bits per heavy atom. The normalized spacial score (nSPS) is 13.1. The number of aromatic nitrogens is 2. The van der Waals surface area contributed by atoms with Crippen LogP contribution in [0.4, 0.5) is 10.0 Å². The van der Waals surface area contributed by atoms with Gasteiger partial charge >= 0.3 is 35.1 Å². The minimum atomic E-state index is -2.75. The molecule has 11 rings (SSSR count). The van der Waals surface area contributed by atoms with Gasteiger partial charge in [0.25, 0.3) is 0 Å². The number of rotatable bonds is 16. The minimum absolute atomic E-state index is 0.0633. The van der Waals surface area contributed by atoms with Crippen LogP contribution in [-0.2, 0) is 75.8 Å². The van der Waals surface area contributed by atoms with Gasteiger partial charge < -0.3 is 34.2 Å². The summed E-state index contributed by atoms with van der Waals surface area (Å²) in [5.74, 6) is -5.06. The highest BCUT2D eigenvalue weighted by molar-refractivity contribution is 7.26. The predicted octanol–water partition coefficient (Wildman–Crippen LogP) is 11.2. The van der Waals surface area contributed by atoms with E-state index in [1.165, 1.54) is 12.1 Å². The van der Waals surface area contributed by atoms with Crippen LogP contribution in [0.15, 0.2) is 168 Å². The van der Waals surface area contributed by atoms with Crippen molar-refractivity contribution in [1.29, 1.82) is 15.8 Å². The van der Waals surface area contributed by atoms with Crippen LogP contribution < -0.4 is 15.2 Å².